The summed E-state index contributed by atoms with van der Waals surface area (Å²) in [5.74, 6) is -0.632. The third kappa shape index (κ3) is 3.88. The van der Waals surface area contributed by atoms with Crippen LogP contribution in [-0.2, 0) is 14.4 Å². The summed E-state index contributed by atoms with van der Waals surface area (Å²) >= 11 is 0. The summed E-state index contributed by atoms with van der Waals surface area (Å²) in [5.41, 5.74) is 4.69. The van der Waals surface area contributed by atoms with Crippen LogP contribution in [0.3, 0.4) is 0 Å². The number of carbonyl (C=O) groups is 3. The zero-order valence-electron chi connectivity index (χ0n) is 17.3. The Labute approximate surface area is 181 Å². The van der Waals surface area contributed by atoms with Gasteiger partial charge in [0.1, 0.15) is 0 Å². The Bertz CT molecular complexity index is 1210. The molecule has 2 aromatic rings. The molecule has 4 nitrogen and oxygen atoms in total. The number of carbonyl (C=O) groups excluding carboxylic acids is 3. The molecule has 0 saturated carbocycles. The number of fused-ring (bicyclic) bond motifs is 1. The zero-order valence-corrected chi connectivity index (χ0v) is 17.3. The Morgan fingerprint density at radius 2 is 1.42 bits per heavy atom. The summed E-state index contributed by atoms with van der Waals surface area (Å²) in [7, 11) is 0. The lowest BCUT2D eigenvalue weighted by molar-refractivity contribution is -0.119. The Balaban J connectivity index is 1.81. The molecule has 0 radical (unpaired) electrons. The van der Waals surface area contributed by atoms with Crippen LogP contribution < -0.4 is 0 Å². The SMILES string of the molecule is CC(=O)C(=CC=C1C=CN2C(=C1)C(=O)C(c1ccccc1)=C2c1ccccc1)C(C)=O. The first kappa shape index (κ1) is 20.2. The van der Waals surface area contributed by atoms with Gasteiger partial charge in [-0.25, -0.2) is 0 Å². The lowest BCUT2D eigenvalue weighted by atomic mass is 9.98. The van der Waals surface area contributed by atoms with E-state index in [0.29, 0.717) is 11.3 Å². The van der Waals surface area contributed by atoms with Crippen LogP contribution >= 0.6 is 0 Å². The summed E-state index contributed by atoms with van der Waals surface area (Å²) in [6.07, 6.45) is 8.71. The normalized spacial score (nSPS) is 16.3. The lowest BCUT2D eigenvalue weighted by Gasteiger charge is -2.22. The van der Waals surface area contributed by atoms with Gasteiger partial charge in [0.15, 0.2) is 11.6 Å². The molecule has 0 atom stereocenters. The van der Waals surface area contributed by atoms with E-state index in [4.69, 9.17) is 0 Å². The van der Waals surface area contributed by atoms with Crippen LogP contribution in [0.25, 0.3) is 11.3 Å². The molecule has 0 aliphatic carbocycles. The standard InChI is InChI=1S/C27H21NO3/c1-18(29)23(19(2)30)14-13-20-15-16-28-24(17-20)27(31)25(21-9-5-3-6-10-21)26(28)22-11-7-4-8-12-22/h3-17H,1-2H3. The molecule has 2 heterocycles. The molecule has 0 amide bonds. The quantitative estimate of drug-likeness (QED) is 0.403. The van der Waals surface area contributed by atoms with E-state index >= 15 is 0 Å². The average Bonchev–Trinajstić information content (AvgIpc) is 3.06. The minimum atomic E-state index is -0.283. The highest BCUT2D eigenvalue weighted by atomic mass is 16.1. The topological polar surface area (TPSA) is 54.5 Å². The second-order valence-electron chi connectivity index (χ2n) is 7.36. The molecular weight excluding hydrogens is 386 g/mol. The third-order valence-electron chi connectivity index (χ3n) is 5.23. The minimum absolute atomic E-state index is 0.0670. The number of hydrogen-bond acceptors (Lipinski definition) is 4. The summed E-state index contributed by atoms with van der Waals surface area (Å²) < 4.78 is 0. The number of Topliss-reactive ketones (excluding diaryl/α,β-unsaturated/α-hetero) is 3. The van der Waals surface area contributed by atoms with Crippen LogP contribution in [0.15, 0.2) is 108 Å². The molecule has 152 valence electrons. The van der Waals surface area contributed by atoms with Crippen molar-refractivity contribution in [3.63, 3.8) is 0 Å². The summed E-state index contributed by atoms with van der Waals surface area (Å²) in [5, 5.41) is 0. The van der Waals surface area contributed by atoms with Crippen LogP contribution in [0.4, 0.5) is 0 Å². The molecule has 0 unspecified atom stereocenters. The largest absolute Gasteiger partial charge is 0.312 e. The van der Waals surface area contributed by atoms with E-state index in [2.05, 4.69) is 0 Å². The molecule has 2 aliphatic rings. The van der Waals surface area contributed by atoms with Gasteiger partial charge in [0.05, 0.1) is 22.5 Å². The minimum Gasteiger partial charge on any atom is -0.312 e. The zero-order chi connectivity index (χ0) is 22.0. The van der Waals surface area contributed by atoms with E-state index in [1.54, 1.807) is 12.2 Å². The number of rotatable bonds is 5. The maximum atomic E-state index is 13.5. The van der Waals surface area contributed by atoms with Crippen LogP contribution in [0, 0.1) is 0 Å². The van der Waals surface area contributed by atoms with Crippen LogP contribution in [0.1, 0.15) is 25.0 Å². The molecule has 4 rings (SSSR count). The maximum absolute atomic E-state index is 13.5. The van der Waals surface area contributed by atoms with E-state index in [1.165, 1.54) is 19.9 Å². The molecule has 2 aliphatic heterocycles. The molecule has 2 aromatic carbocycles. The van der Waals surface area contributed by atoms with Gasteiger partial charge in [-0.05, 0) is 48.8 Å². The van der Waals surface area contributed by atoms with Crippen molar-refractivity contribution in [1.82, 2.24) is 4.90 Å². The van der Waals surface area contributed by atoms with Gasteiger partial charge in [-0.15, -0.1) is 0 Å². The van der Waals surface area contributed by atoms with Crippen molar-refractivity contribution >= 4 is 28.6 Å². The van der Waals surface area contributed by atoms with Gasteiger partial charge in [0, 0.05) is 6.20 Å². The van der Waals surface area contributed by atoms with Crippen molar-refractivity contribution in [2.45, 2.75) is 13.8 Å². The van der Waals surface area contributed by atoms with E-state index in [9.17, 15) is 14.4 Å². The van der Waals surface area contributed by atoms with Crippen molar-refractivity contribution in [3.05, 3.63) is 119 Å². The number of hydrogen-bond donors (Lipinski definition) is 0. The molecule has 31 heavy (non-hydrogen) atoms. The first-order valence-corrected chi connectivity index (χ1v) is 10.00. The molecule has 0 spiro atoms. The number of ketones is 3. The average molecular weight is 407 g/mol. The Kier molecular flexibility index (Phi) is 5.46. The summed E-state index contributed by atoms with van der Waals surface area (Å²) in [6.45, 7) is 2.73. The van der Waals surface area contributed by atoms with Gasteiger partial charge in [-0.3, -0.25) is 14.4 Å². The van der Waals surface area contributed by atoms with E-state index < -0.39 is 0 Å². The number of nitrogens with zero attached hydrogens (tertiary/aromatic N) is 1. The number of allylic oxidation sites excluding steroid dienone is 7. The summed E-state index contributed by atoms with van der Waals surface area (Å²) in [4.78, 5) is 38.7. The van der Waals surface area contributed by atoms with Crippen LogP contribution in [-0.4, -0.2) is 22.2 Å². The molecule has 0 fully saturated rings. The van der Waals surface area contributed by atoms with Crippen molar-refractivity contribution < 1.29 is 14.4 Å². The van der Waals surface area contributed by atoms with E-state index in [-0.39, 0.29) is 22.9 Å². The van der Waals surface area contributed by atoms with Gasteiger partial charge in [-0.1, -0.05) is 66.7 Å². The fourth-order valence-corrected chi connectivity index (χ4v) is 3.76. The highest BCUT2D eigenvalue weighted by Gasteiger charge is 2.36. The third-order valence-corrected chi connectivity index (χ3v) is 5.23. The van der Waals surface area contributed by atoms with Crippen molar-refractivity contribution in [2.24, 2.45) is 0 Å². The van der Waals surface area contributed by atoms with Crippen molar-refractivity contribution in [1.29, 1.82) is 0 Å². The number of benzene rings is 2. The first-order chi connectivity index (χ1) is 15.0. The van der Waals surface area contributed by atoms with Crippen molar-refractivity contribution in [3.8, 4) is 0 Å². The Morgan fingerprint density at radius 3 is 2.00 bits per heavy atom. The fourth-order valence-electron chi connectivity index (χ4n) is 3.76. The second-order valence-corrected chi connectivity index (χ2v) is 7.36. The van der Waals surface area contributed by atoms with Gasteiger partial charge in [0.2, 0.25) is 5.78 Å². The van der Waals surface area contributed by atoms with E-state index in [1.807, 2.05) is 77.8 Å². The molecule has 0 N–H and O–H groups in total. The van der Waals surface area contributed by atoms with Crippen molar-refractivity contribution in [2.75, 3.05) is 0 Å². The van der Waals surface area contributed by atoms with Gasteiger partial charge < -0.3 is 4.90 Å². The van der Waals surface area contributed by atoms with E-state index in [0.717, 1.165) is 22.4 Å². The van der Waals surface area contributed by atoms with Crippen LogP contribution in [0.2, 0.25) is 0 Å². The Hall–Kier alpha value is -4.05. The molecule has 4 heteroatoms. The monoisotopic (exact) mass is 407 g/mol. The van der Waals surface area contributed by atoms with Gasteiger partial charge in [-0.2, -0.15) is 0 Å². The van der Waals surface area contributed by atoms with Gasteiger partial charge in [0.25, 0.3) is 0 Å². The predicted octanol–water partition coefficient (Wildman–Crippen LogP) is 4.88. The Morgan fingerprint density at radius 1 is 0.839 bits per heavy atom. The summed E-state index contributed by atoms with van der Waals surface area (Å²) in [6, 6.07) is 19.5. The highest BCUT2D eigenvalue weighted by molar-refractivity contribution is 6.38. The first-order valence-electron chi connectivity index (χ1n) is 10.00. The predicted molar refractivity (Wildman–Crippen MR) is 121 cm³/mol. The fraction of sp³-hybridized carbons (Fsp3) is 0.0741. The molecule has 0 saturated heterocycles. The maximum Gasteiger partial charge on any atom is 0.212 e. The molecule has 0 bridgehead atoms. The smallest absolute Gasteiger partial charge is 0.212 e. The highest BCUT2D eigenvalue weighted by Crippen LogP contribution is 2.42. The van der Waals surface area contributed by atoms with Crippen LogP contribution in [0.5, 0.6) is 0 Å². The molecular formula is C27H21NO3. The molecule has 0 aromatic heterocycles. The van der Waals surface area contributed by atoms with Gasteiger partial charge >= 0.3 is 0 Å². The second kappa shape index (κ2) is 8.36. The lowest BCUT2D eigenvalue weighted by Crippen LogP contribution is -2.15.